The van der Waals surface area contributed by atoms with E-state index < -0.39 is 0 Å². The number of hydrogen-bond acceptors (Lipinski definition) is 3. The molecule has 3 unspecified atom stereocenters. The van der Waals surface area contributed by atoms with Gasteiger partial charge >= 0.3 is 0 Å². The van der Waals surface area contributed by atoms with E-state index in [-0.39, 0.29) is 18.6 Å². The van der Waals surface area contributed by atoms with Crippen LogP contribution < -0.4 is 5.32 Å². The molecule has 112 valence electrons. The zero-order valence-corrected chi connectivity index (χ0v) is 13.1. The number of hydrogen-bond donors (Lipinski definition) is 2. The maximum atomic E-state index is 9.17. The summed E-state index contributed by atoms with van der Waals surface area (Å²) in [6, 6.07) is 5.66. The smallest absolute Gasteiger partial charge is 0.0513 e. The molecule has 0 aromatic heterocycles. The topological polar surface area (TPSA) is 41.5 Å². The zero-order valence-electron chi connectivity index (χ0n) is 11.6. The highest BCUT2D eigenvalue weighted by Crippen LogP contribution is 2.34. The van der Waals surface area contributed by atoms with Gasteiger partial charge in [0.15, 0.2) is 0 Å². The Morgan fingerprint density at radius 1 is 1.45 bits per heavy atom. The van der Waals surface area contributed by atoms with E-state index in [1.165, 1.54) is 0 Å². The lowest BCUT2D eigenvalue weighted by Crippen LogP contribution is -2.33. The highest BCUT2D eigenvalue weighted by molar-refractivity contribution is 6.33. The van der Waals surface area contributed by atoms with E-state index in [1.54, 1.807) is 6.07 Å². The molecule has 0 aliphatic carbocycles. The third-order valence-electron chi connectivity index (χ3n) is 3.73. The monoisotopic (exact) mass is 317 g/mol. The summed E-state index contributed by atoms with van der Waals surface area (Å²) in [7, 11) is 0. The Balaban J connectivity index is 2.18. The Morgan fingerprint density at radius 2 is 2.25 bits per heavy atom. The first-order chi connectivity index (χ1) is 9.61. The predicted molar refractivity (Wildman–Crippen MR) is 82.4 cm³/mol. The number of aliphatic hydroxyl groups excluding tert-OH is 1. The van der Waals surface area contributed by atoms with E-state index in [2.05, 4.69) is 5.32 Å². The van der Waals surface area contributed by atoms with Crippen molar-refractivity contribution in [2.75, 3.05) is 26.4 Å². The first-order valence-corrected chi connectivity index (χ1v) is 7.74. The molecule has 1 aliphatic heterocycles. The van der Waals surface area contributed by atoms with Gasteiger partial charge in [-0.1, -0.05) is 30.1 Å². The molecule has 0 saturated carbocycles. The van der Waals surface area contributed by atoms with Crippen LogP contribution in [0.15, 0.2) is 18.2 Å². The van der Waals surface area contributed by atoms with Crippen molar-refractivity contribution in [3.63, 3.8) is 0 Å². The second kappa shape index (κ2) is 7.62. The molecular weight excluding hydrogens is 297 g/mol. The van der Waals surface area contributed by atoms with Gasteiger partial charge in [-0.05, 0) is 36.1 Å². The van der Waals surface area contributed by atoms with Gasteiger partial charge in [0, 0.05) is 41.8 Å². The van der Waals surface area contributed by atoms with E-state index in [0.717, 1.165) is 36.8 Å². The van der Waals surface area contributed by atoms with Gasteiger partial charge in [-0.2, -0.15) is 0 Å². The van der Waals surface area contributed by atoms with Crippen LogP contribution in [0, 0.1) is 11.8 Å². The fourth-order valence-electron chi connectivity index (χ4n) is 2.49. The predicted octanol–water partition coefficient (Wildman–Crippen LogP) is 3.29. The van der Waals surface area contributed by atoms with Gasteiger partial charge < -0.3 is 15.2 Å². The lowest BCUT2D eigenvalue weighted by molar-refractivity contribution is 0.173. The number of halogens is 2. The van der Waals surface area contributed by atoms with Crippen LogP contribution in [-0.4, -0.2) is 31.5 Å². The van der Waals surface area contributed by atoms with E-state index in [4.69, 9.17) is 27.9 Å². The minimum Gasteiger partial charge on any atom is -0.396 e. The minimum absolute atomic E-state index is 0.109. The van der Waals surface area contributed by atoms with Crippen molar-refractivity contribution in [1.29, 1.82) is 0 Å². The Morgan fingerprint density at radius 3 is 2.90 bits per heavy atom. The van der Waals surface area contributed by atoms with Crippen LogP contribution in [0.5, 0.6) is 0 Å². The minimum atomic E-state index is 0.109. The number of ether oxygens (including phenoxy) is 1. The standard InChI is InChI=1S/C15H21Cl2NO2/c1-10(8-19)7-18-15(11-4-5-20-9-11)13-6-12(16)2-3-14(13)17/h2-3,6,10-11,15,18-19H,4-5,7-9H2,1H3. The summed E-state index contributed by atoms with van der Waals surface area (Å²) in [5.74, 6) is 0.592. The molecule has 20 heavy (non-hydrogen) atoms. The van der Waals surface area contributed by atoms with Gasteiger partial charge in [-0.15, -0.1) is 0 Å². The molecule has 5 heteroatoms. The third kappa shape index (κ3) is 4.09. The average Bonchev–Trinajstić information content (AvgIpc) is 2.96. The molecule has 1 saturated heterocycles. The fourth-order valence-corrected chi connectivity index (χ4v) is 2.91. The second-order valence-corrected chi connectivity index (χ2v) is 6.31. The number of benzene rings is 1. The molecule has 2 N–H and O–H groups in total. The number of nitrogens with one attached hydrogen (secondary N) is 1. The molecule has 3 nitrogen and oxygen atoms in total. The average molecular weight is 318 g/mol. The Kier molecular flexibility index (Phi) is 6.12. The first kappa shape index (κ1) is 16.1. The second-order valence-electron chi connectivity index (χ2n) is 5.46. The molecule has 2 rings (SSSR count). The molecule has 1 aromatic carbocycles. The van der Waals surface area contributed by atoms with Crippen LogP contribution in [0.1, 0.15) is 24.9 Å². The van der Waals surface area contributed by atoms with Gasteiger partial charge in [-0.25, -0.2) is 0 Å². The first-order valence-electron chi connectivity index (χ1n) is 6.98. The van der Waals surface area contributed by atoms with Crippen molar-refractivity contribution in [2.45, 2.75) is 19.4 Å². The molecule has 0 amide bonds. The van der Waals surface area contributed by atoms with Crippen LogP contribution in [0.3, 0.4) is 0 Å². The van der Waals surface area contributed by atoms with Crippen LogP contribution in [0.2, 0.25) is 10.0 Å². The molecule has 1 aliphatic rings. The van der Waals surface area contributed by atoms with Crippen molar-refractivity contribution in [3.8, 4) is 0 Å². The molecule has 3 atom stereocenters. The van der Waals surface area contributed by atoms with E-state index in [9.17, 15) is 5.11 Å². The highest BCUT2D eigenvalue weighted by Gasteiger charge is 2.28. The largest absolute Gasteiger partial charge is 0.396 e. The summed E-state index contributed by atoms with van der Waals surface area (Å²) in [6.45, 7) is 4.43. The van der Waals surface area contributed by atoms with Crippen LogP contribution in [-0.2, 0) is 4.74 Å². The Labute approximate surface area is 130 Å². The molecule has 1 fully saturated rings. The lowest BCUT2D eigenvalue weighted by Gasteiger charge is -2.26. The summed E-state index contributed by atoms with van der Waals surface area (Å²) < 4.78 is 5.50. The van der Waals surface area contributed by atoms with Crippen molar-refractivity contribution in [1.82, 2.24) is 5.32 Å². The van der Waals surface area contributed by atoms with Crippen molar-refractivity contribution in [3.05, 3.63) is 33.8 Å². The van der Waals surface area contributed by atoms with Gasteiger partial charge in [0.1, 0.15) is 0 Å². The summed E-state index contributed by atoms with van der Waals surface area (Å²) in [5.41, 5.74) is 1.01. The van der Waals surface area contributed by atoms with Crippen molar-refractivity contribution >= 4 is 23.2 Å². The highest BCUT2D eigenvalue weighted by atomic mass is 35.5. The quantitative estimate of drug-likeness (QED) is 0.846. The molecule has 0 spiro atoms. The van der Waals surface area contributed by atoms with Crippen molar-refractivity contribution < 1.29 is 9.84 Å². The number of aliphatic hydroxyl groups is 1. The van der Waals surface area contributed by atoms with Crippen LogP contribution in [0.25, 0.3) is 0 Å². The van der Waals surface area contributed by atoms with Gasteiger partial charge in [0.2, 0.25) is 0 Å². The SMILES string of the molecule is CC(CO)CNC(c1cc(Cl)ccc1Cl)C1CCOC1. The fraction of sp³-hybridized carbons (Fsp3) is 0.600. The summed E-state index contributed by atoms with van der Waals surface area (Å²) >= 11 is 12.4. The van der Waals surface area contributed by atoms with E-state index in [0.29, 0.717) is 10.9 Å². The molecular formula is C15H21Cl2NO2. The van der Waals surface area contributed by atoms with Gasteiger partial charge in [0.25, 0.3) is 0 Å². The van der Waals surface area contributed by atoms with Crippen LogP contribution in [0.4, 0.5) is 0 Å². The molecule has 0 radical (unpaired) electrons. The Hall–Kier alpha value is -0.320. The normalized spacial score (nSPS) is 21.9. The molecule has 1 heterocycles. The lowest BCUT2D eigenvalue weighted by atomic mass is 9.92. The summed E-state index contributed by atoms with van der Waals surface area (Å²) in [6.07, 6.45) is 1.01. The molecule has 1 aromatic rings. The van der Waals surface area contributed by atoms with E-state index >= 15 is 0 Å². The van der Waals surface area contributed by atoms with Crippen LogP contribution >= 0.6 is 23.2 Å². The third-order valence-corrected chi connectivity index (χ3v) is 4.31. The molecule has 0 bridgehead atoms. The summed E-state index contributed by atoms with van der Waals surface area (Å²) in [5, 5.41) is 14.1. The maximum Gasteiger partial charge on any atom is 0.0513 e. The van der Waals surface area contributed by atoms with Gasteiger partial charge in [0.05, 0.1) is 6.61 Å². The van der Waals surface area contributed by atoms with E-state index in [1.807, 2.05) is 19.1 Å². The zero-order chi connectivity index (χ0) is 14.5. The number of rotatable bonds is 6. The van der Waals surface area contributed by atoms with Gasteiger partial charge in [-0.3, -0.25) is 0 Å². The Bertz CT molecular complexity index is 436. The maximum absolute atomic E-state index is 9.17. The summed E-state index contributed by atoms with van der Waals surface area (Å²) in [4.78, 5) is 0. The van der Waals surface area contributed by atoms with Crippen molar-refractivity contribution in [2.24, 2.45) is 11.8 Å².